The highest BCUT2D eigenvalue weighted by Crippen LogP contribution is 2.57. The molecule has 0 amide bonds. The first-order valence-corrected chi connectivity index (χ1v) is 9.64. The molecule has 2 bridgehead atoms. The summed E-state index contributed by atoms with van der Waals surface area (Å²) < 4.78 is 0. The number of fused-ring (bicyclic) bond motifs is 5. The van der Waals surface area contributed by atoms with Gasteiger partial charge in [-0.25, -0.2) is 0 Å². The lowest BCUT2D eigenvalue weighted by molar-refractivity contribution is -0.0235. The van der Waals surface area contributed by atoms with E-state index in [2.05, 4.69) is 21.4 Å². The summed E-state index contributed by atoms with van der Waals surface area (Å²) in [6.07, 6.45) is 10.4. The molecule has 27 heavy (non-hydrogen) atoms. The molecule has 2 saturated carbocycles. The zero-order valence-corrected chi connectivity index (χ0v) is 15.4. The summed E-state index contributed by atoms with van der Waals surface area (Å²) in [6.45, 7) is 1.87. The van der Waals surface area contributed by atoms with Crippen LogP contribution < -0.4 is 5.32 Å². The largest absolute Gasteiger partial charge is 0.507 e. The maximum Gasteiger partial charge on any atom is 0.152 e. The third kappa shape index (κ3) is 2.59. The van der Waals surface area contributed by atoms with Crippen molar-refractivity contribution in [2.45, 2.75) is 62.5 Å². The Morgan fingerprint density at radius 2 is 1.93 bits per heavy atom. The second kappa shape index (κ2) is 5.71. The summed E-state index contributed by atoms with van der Waals surface area (Å²) in [7, 11) is 0. The van der Waals surface area contributed by atoms with Gasteiger partial charge < -0.3 is 15.5 Å². The maximum absolute atomic E-state index is 10.5. The molecule has 5 rings (SSSR count). The number of aromatic nitrogens is 2. The lowest BCUT2D eigenvalue weighted by atomic mass is 9.77. The van der Waals surface area contributed by atoms with Crippen molar-refractivity contribution in [1.29, 1.82) is 0 Å². The summed E-state index contributed by atoms with van der Waals surface area (Å²) in [5.74, 6) is 4.55. The zero-order valence-electron chi connectivity index (χ0n) is 15.4. The number of phenols is 1. The van der Waals surface area contributed by atoms with Crippen molar-refractivity contribution in [2.24, 2.45) is 0 Å². The van der Waals surface area contributed by atoms with Gasteiger partial charge in [-0.05, 0) is 74.6 Å². The number of hydrogen-bond donors (Lipinski definition) is 3. The fourth-order valence-corrected chi connectivity index (χ4v) is 5.22. The summed E-state index contributed by atoms with van der Waals surface area (Å²) in [4.78, 5) is 0. The van der Waals surface area contributed by atoms with Crippen LogP contribution in [0.25, 0.3) is 11.3 Å². The minimum absolute atomic E-state index is 0.153. The molecule has 0 radical (unpaired) electrons. The second-order valence-corrected chi connectivity index (χ2v) is 8.55. The number of benzene rings is 1. The molecule has 2 atom stereocenters. The molecule has 2 aromatic rings. The highest BCUT2D eigenvalue weighted by molar-refractivity contribution is 5.75. The van der Waals surface area contributed by atoms with E-state index >= 15 is 0 Å². The highest BCUT2D eigenvalue weighted by atomic mass is 16.3. The fraction of sp³-hybridized carbons (Fsp3) is 0.455. The topological polar surface area (TPSA) is 78.3 Å². The van der Waals surface area contributed by atoms with E-state index in [9.17, 15) is 10.2 Å². The van der Waals surface area contributed by atoms with E-state index in [1.807, 2.05) is 19.1 Å². The van der Waals surface area contributed by atoms with Crippen LogP contribution in [0.15, 0.2) is 18.2 Å². The summed E-state index contributed by atoms with van der Waals surface area (Å²) in [5.41, 5.74) is 4.06. The number of nitrogens with one attached hydrogen (secondary N) is 1. The smallest absolute Gasteiger partial charge is 0.152 e. The van der Waals surface area contributed by atoms with E-state index in [-0.39, 0.29) is 11.8 Å². The Kier molecular flexibility index (Phi) is 3.50. The number of hydrogen-bond acceptors (Lipinski definition) is 5. The highest BCUT2D eigenvalue weighted by Gasteiger charge is 2.44. The van der Waals surface area contributed by atoms with Crippen LogP contribution in [-0.2, 0) is 0 Å². The van der Waals surface area contributed by atoms with Crippen LogP contribution in [0.4, 0.5) is 5.82 Å². The van der Waals surface area contributed by atoms with E-state index in [1.165, 1.54) is 17.5 Å². The monoisotopic (exact) mass is 361 g/mol. The van der Waals surface area contributed by atoms with Crippen molar-refractivity contribution in [2.75, 3.05) is 5.32 Å². The molecule has 3 N–H and O–H groups in total. The Balaban J connectivity index is 1.56. The van der Waals surface area contributed by atoms with Crippen LogP contribution in [0.5, 0.6) is 5.75 Å². The number of aromatic hydroxyl groups is 1. The lowest BCUT2D eigenvalue weighted by Crippen LogP contribution is -2.48. The number of nitrogens with zero attached hydrogens (tertiary/aromatic N) is 2. The Hall–Kier alpha value is -2.58. The third-order valence-corrected chi connectivity index (χ3v) is 6.43. The normalized spacial score (nSPS) is 30.5. The van der Waals surface area contributed by atoms with Gasteiger partial charge in [-0.1, -0.05) is 5.92 Å². The Morgan fingerprint density at radius 3 is 2.59 bits per heavy atom. The Bertz CT molecular complexity index is 968. The Morgan fingerprint density at radius 1 is 1.19 bits per heavy atom. The number of rotatable bonds is 3. The molecule has 5 nitrogen and oxygen atoms in total. The maximum atomic E-state index is 10.5. The van der Waals surface area contributed by atoms with Crippen molar-refractivity contribution >= 4 is 5.82 Å². The molecule has 3 aliphatic carbocycles. The first-order valence-electron chi connectivity index (χ1n) is 9.64. The van der Waals surface area contributed by atoms with Crippen molar-refractivity contribution < 1.29 is 10.2 Å². The molecule has 1 heterocycles. The van der Waals surface area contributed by atoms with Crippen LogP contribution in [0.2, 0.25) is 0 Å². The number of phenolic OH excluding ortho intramolecular Hbond substituents is 1. The van der Waals surface area contributed by atoms with Crippen LogP contribution in [0.3, 0.4) is 0 Å². The van der Waals surface area contributed by atoms with E-state index in [4.69, 9.17) is 6.42 Å². The van der Waals surface area contributed by atoms with Crippen LogP contribution in [-0.4, -0.2) is 32.1 Å². The van der Waals surface area contributed by atoms with Gasteiger partial charge in [0.05, 0.1) is 5.60 Å². The van der Waals surface area contributed by atoms with Gasteiger partial charge >= 0.3 is 0 Å². The number of terminal acetylenes is 1. The predicted octanol–water partition coefficient (Wildman–Crippen LogP) is 3.52. The standard InChI is InChI=1S/C22H23N3O2/c1-3-12-4-7-16(17(26)8-12)20-18-13-5-6-14(9-13)19(18)21(25-24-20)23-15-10-22(2,27)11-15/h1,4,7-8,13-15,26-27H,5-6,9-11H2,2H3,(H,23,25). The quantitative estimate of drug-likeness (QED) is 0.729. The third-order valence-electron chi connectivity index (χ3n) is 6.43. The molecule has 2 fully saturated rings. The van der Waals surface area contributed by atoms with Crippen molar-refractivity contribution in [3.63, 3.8) is 0 Å². The van der Waals surface area contributed by atoms with Gasteiger partial charge in [-0.3, -0.25) is 0 Å². The molecule has 138 valence electrons. The predicted molar refractivity (Wildman–Crippen MR) is 104 cm³/mol. The summed E-state index contributed by atoms with van der Waals surface area (Å²) >= 11 is 0. The van der Waals surface area contributed by atoms with Gasteiger partial charge in [0.25, 0.3) is 0 Å². The van der Waals surface area contributed by atoms with Gasteiger partial charge in [0, 0.05) is 22.7 Å². The van der Waals surface area contributed by atoms with Crippen molar-refractivity contribution in [3.8, 4) is 29.4 Å². The average molecular weight is 361 g/mol. The zero-order chi connectivity index (χ0) is 18.8. The van der Waals surface area contributed by atoms with Crippen molar-refractivity contribution in [1.82, 2.24) is 10.2 Å². The average Bonchev–Trinajstić information content (AvgIpc) is 3.23. The first kappa shape index (κ1) is 16.6. The summed E-state index contributed by atoms with van der Waals surface area (Å²) in [6, 6.07) is 5.53. The lowest BCUT2D eigenvalue weighted by Gasteiger charge is -2.41. The number of anilines is 1. The van der Waals surface area contributed by atoms with E-state index < -0.39 is 5.60 Å². The van der Waals surface area contributed by atoms with Gasteiger partial charge in [0.1, 0.15) is 11.4 Å². The van der Waals surface area contributed by atoms with Gasteiger partial charge in [-0.15, -0.1) is 16.6 Å². The summed E-state index contributed by atoms with van der Waals surface area (Å²) in [5, 5.41) is 33.0. The Labute approximate surface area is 158 Å². The second-order valence-electron chi connectivity index (χ2n) is 8.55. The van der Waals surface area contributed by atoms with E-state index in [1.54, 1.807) is 6.07 Å². The van der Waals surface area contributed by atoms with Crippen LogP contribution in [0, 0.1) is 12.3 Å². The first-order chi connectivity index (χ1) is 12.9. The minimum atomic E-state index is -0.572. The SMILES string of the molecule is C#Cc1ccc(-c2nnc(NC3CC(C)(O)C3)c3c2C2CCC3C2)c(O)c1. The molecule has 2 unspecified atom stereocenters. The number of aliphatic hydroxyl groups is 1. The molecule has 3 aliphatic rings. The molecule has 1 aromatic heterocycles. The molecule has 0 spiro atoms. The van der Waals surface area contributed by atoms with Gasteiger partial charge in [0.15, 0.2) is 5.82 Å². The molecule has 5 heteroatoms. The fourth-order valence-electron chi connectivity index (χ4n) is 5.22. The molecule has 1 aromatic carbocycles. The van der Waals surface area contributed by atoms with E-state index in [0.717, 1.165) is 37.2 Å². The van der Waals surface area contributed by atoms with Crippen LogP contribution >= 0.6 is 0 Å². The molecular weight excluding hydrogens is 338 g/mol. The molecule has 0 aliphatic heterocycles. The van der Waals surface area contributed by atoms with Crippen molar-refractivity contribution in [3.05, 3.63) is 34.9 Å². The van der Waals surface area contributed by atoms with Crippen LogP contribution in [0.1, 0.15) is 67.6 Å². The minimum Gasteiger partial charge on any atom is -0.507 e. The molecule has 0 saturated heterocycles. The van der Waals surface area contributed by atoms with Gasteiger partial charge in [-0.2, -0.15) is 0 Å². The van der Waals surface area contributed by atoms with Gasteiger partial charge in [0.2, 0.25) is 0 Å². The molecular formula is C22H23N3O2. The van der Waals surface area contributed by atoms with E-state index in [0.29, 0.717) is 23.0 Å².